The van der Waals surface area contributed by atoms with Crippen LogP contribution in [0.5, 0.6) is 0 Å². The molecule has 0 saturated heterocycles. The molecule has 0 bridgehead atoms. The quantitative estimate of drug-likeness (QED) is 0.290. The van der Waals surface area contributed by atoms with Crippen LogP contribution in [0.15, 0.2) is 24.8 Å². The van der Waals surface area contributed by atoms with Crippen molar-refractivity contribution in [1.29, 1.82) is 0 Å². The summed E-state index contributed by atoms with van der Waals surface area (Å²) in [5, 5.41) is 0. The summed E-state index contributed by atoms with van der Waals surface area (Å²) in [4.78, 5) is 0. The van der Waals surface area contributed by atoms with Crippen LogP contribution >= 0.6 is 0 Å². The first-order chi connectivity index (χ1) is 17.1. The van der Waals surface area contributed by atoms with Gasteiger partial charge >= 0.3 is 0 Å². The third-order valence-electron chi connectivity index (χ3n) is 10.2. The van der Waals surface area contributed by atoms with Gasteiger partial charge in [0.05, 0.1) is 0 Å². The Morgan fingerprint density at radius 2 is 1.23 bits per heavy atom. The van der Waals surface area contributed by atoms with E-state index in [4.69, 9.17) is 0 Å². The van der Waals surface area contributed by atoms with Gasteiger partial charge in [-0.3, -0.25) is 0 Å². The largest absolute Gasteiger partial charge is 0.203 e. The molecule has 3 saturated carbocycles. The highest BCUT2D eigenvalue weighted by atomic mass is 19.2. The fourth-order valence-corrected chi connectivity index (χ4v) is 7.87. The Morgan fingerprint density at radius 1 is 0.714 bits per heavy atom. The van der Waals surface area contributed by atoms with E-state index < -0.39 is 11.6 Å². The van der Waals surface area contributed by atoms with Crippen LogP contribution in [0.4, 0.5) is 8.78 Å². The van der Waals surface area contributed by atoms with E-state index in [0.29, 0.717) is 17.5 Å². The third-order valence-corrected chi connectivity index (χ3v) is 10.2. The summed E-state index contributed by atoms with van der Waals surface area (Å²) in [5.74, 6) is 3.75. The molecule has 35 heavy (non-hydrogen) atoms. The molecule has 196 valence electrons. The minimum absolute atomic E-state index is 0.207. The molecule has 0 N–H and O–H groups in total. The lowest BCUT2D eigenvalue weighted by Gasteiger charge is -2.38. The van der Waals surface area contributed by atoms with E-state index >= 15 is 0 Å². The monoisotopic (exact) mass is 484 g/mol. The smallest absolute Gasteiger partial charge is 0.162 e. The predicted octanol–water partition coefficient (Wildman–Crippen LogP) is 10.6. The van der Waals surface area contributed by atoms with Crippen molar-refractivity contribution in [2.24, 2.45) is 29.6 Å². The van der Waals surface area contributed by atoms with Crippen molar-refractivity contribution in [2.45, 2.75) is 128 Å². The van der Waals surface area contributed by atoms with Crippen molar-refractivity contribution in [3.8, 4) is 0 Å². The van der Waals surface area contributed by atoms with E-state index in [1.165, 1.54) is 89.9 Å². The van der Waals surface area contributed by atoms with E-state index in [1.807, 2.05) is 19.1 Å². The van der Waals surface area contributed by atoms with Gasteiger partial charge in [0.25, 0.3) is 0 Å². The minimum atomic E-state index is -0.595. The first-order valence-corrected chi connectivity index (χ1v) is 15.2. The lowest BCUT2D eigenvalue weighted by Crippen LogP contribution is -2.26. The van der Waals surface area contributed by atoms with Crippen LogP contribution in [0.2, 0.25) is 0 Å². The lowest BCUT2D eigenvalue weighted by atomic mass is 9.68. The molecule has 0 aromatic heterocycles. The molecular weight excluding hydrogens is 434 g/mol. The highest BCUT2D eigenvalue weighted by molar-refractivity contribution is 5.29. The molecule has 2 heteroatoms. The molecule has 0 radical (unpaired) electrons. The Bertz CT molecular complexity index is 775. The molecule has 0 amide bonds. The zero-order chi connectivity index (χ0) is 24.6. The van der Waals surface area contributed by atoms with Gasteiger partial charge in [-0.1, -0.05) is 70.1 Å². The molecule has 3 aliphatic carbocycles. The summed E-state index contributed by atoms with van der Waals surface area (Å²) in [6, 6.07) is 3.70. The molecule has 0 nitrogen and oxygen atoms in total. The average molecular weight is 485 g/mol. The van der Waals surface area contributed by atoms with Crippen molar-refractivity contribution in [1.82, 2.24) is 0 Å². The molecule has 1 aromatic carbocycles. The minimum Gasteiger partial charge on any atom is -0.203 e. The maximum absolute atomic E-state index is 14.7. The Morgan fingerprint density at radius 3 is 1.74 bits per heavy atom. The average Bonchev–Trinajstić information content (AvgIpc) is 2.90. The summed E-state index contributed by atoms with van der Waals surface area (Å²) in [6.45, 7) is 5.90. The second-order valence-electron chi connectivity index (χ2n) is 12.4. The number of hydrogen-bond acceptors (Lipinski definition) is 0. The first kappa shape index (κ1) is 26.9. The van der Waals surface area contributed by atoms with Crippen LogP contribution in [0.1, 0.15) is 133 Å². The van der Waals surface area contributed by atoms with Crippen LogP contribution in [-0.2, 0) is 6.42 Å². The van der Waals surface area contributed by atoms with Gasteiger partial charge in [-0.15, -0.1) is 6.58 Å². The second kappa shape index (κ2) is 13.4. The van der Waals surface area contributed by atoms with Crippen LogP contribution in [0.25, 0.3) is 0 Å². The van der Waals surface area contributed by atoms with Gasteiger partial charge in [0, 0.05) is 0 Å². The topological polar surface area (TPSA) is 0 Å². The summed E-state index contributed by atoms with van der Waals surface area (Å²) in [7, 11) is 0. The van der Waals surface area contributed by atoms with Crippen LogP contribution < -0.4 is 0 Å². The number of benzene rings is 1. The summed E-state index contributed by atoms with van der Waals surface area (Å²) in [6.07, 6.45) is 25.0. The Balaban J connectivity index is 1.14. The Kier molecular flexibility index (Phi) is 10.3. The molecule has 0 heterocycles. The zero-order valence-electron chi connectivity index (χ0n) is 22.4. The van der Waals surface area contributed by atoms with Crippen LogP contribution in [0.3, 0.4) is 0 Å². The number of halogens is 2. The van der Waals surface area contributed by atoms with Crippen molar-refractivity contribution >= 4 is 0 Å². The fourth-order valence-electron chi connectivity index (χ4n) is 7.87. The van der Waals surface area contributed by atoms with Crippen molar-refractivity contribution in [2.75, 3.05) is 0 Å². The van der Waals surface area contributed by atoms with Gasteiger partial charge in [-0.05, 0) is 117 Å². The molecule has 0 spiro atoms. The predicted molar refractivity (Wildman–Crippen MR) is 145 cm³/mol. The molecule has 0 unspecified atom stereocenters. The van der Waals surface area contributed by atoms with Gasteiger partial charge in [-0.2, -0.15) is 0 Å². The van der Waals surface area contributed by atoms with E-state index in [9.17, 15) is 8.78 Å². The van der Waals surface area contributed by atoms with Crippen molar-refractivity contribution in [3.63, 3.8) is 0 Å². The Hall–Kier alpha value is -1.18. The SMILES string of the molecule is C=CCCC1CCC(C2CCC(CCC3CCC(c4ccc(CCC)c(F)c4F)CC3)CC2)CC1. The molecule has 0 aliphatic heterocycles. The van der Waals surface area contributed by atoms with Gasteiger partial charge < -0.3 is 0 Å². The van der Waals surface area contributed by atoms with E-state index in [2.05, 4.69) is 12.7 Å². The van der Waals surface area contributed by atoms with Crippen LogP contribution in [-0.4, -0.2) is 0 Å². The molecular formula is C33H50F2. The standard InChI is InChI=1S/C33H50F2/c1-3-5-7-24-10-16-27(17-11-24)28-18-12-25(13-19-28)8-9-26-14-20-29(21-15-26)31-23-22-30(6-4-2)32(34)33(31)35/h3,22-29H,1,4-21H2,2H3. The van der Waals surface area contributed by atoms with Gasteiger partial charge in [0.15, 0.2) is 11.6 Å². The fraction of sp³-hybridized carbons (Fsp3) is 0.758. The van der Waals surface area contributed by atoms with Crippen molar-refractivity contribution < 1.29 is 8.78 Å². The van der Waals surface area contributed by atoms with Gasteiger partial charge in [0.2, 0.25) is 0 Å². The van der Waals surface area contributed by atoms with Crippen LogP contribution in [0, 0.1) is 41.2 Å². The maximum Gasteiger partial charge on any atom is 0.162 e. The normalized spacial score (nSPS) is 31.9. The molecule has 3 fully saturated rings. The van der Waals surface area contributed by atoms with Gasteiger partial charge in [0.1, 0.15) is 0 Å². The summed E-state index contributed by atoms with van der Waals surface area (Å²) in [5.41, 5.74) is 1.17. The van der Waals surface area contributed by atoms with E-state index in [0.717, 1.165) is 48.9 Å². The van der Waals surface area contributed by atoms with Crippen molar-refractivity contribution in [3.05, 3.63) is 47.5 Å². The lowest BCUT2D eigenvalue weighted by molar-refractivity contribution is 0.137. The zero-order valence-corrected chi connectivity index (χ0v) is 22.4. The number of aryl methyl sites for hydroxylation is 1. The molecule has 0 atom stereocenters. The number of allylic oxidation sites excluding steroid dienone is 1. The Labute approximate surface area is 214 Å². The molecule has 4 rings (SSSR count). The third kappa shape index (κ3) is 7.20. The maximum atomic E-state index is 14.7. The van der Waals surface area contributed by atoms with E-state index in [-0.39, 0.29) is 5.92 Å². The summed E-state index contributed by atoms with van der Waals surface area (Å²) < 4.78 is 29.2. The molecule has 3 aliphatic rings. The number of hydrogen-bond donors (Lipinski definition) is 0. The highest BCUT2D eigenvalue weighted by Gasteiger charge is 2.31. The first-order valence-electron chi connectivity index (χ1n) is 15.2. The summed E-state index contributed by atoms with van der Waals surface area (Å²) >= 11 is 0. The molecule has 1 aromatic rings. The van der Waals surface area contributed by atoms with E-state index in [1.54, 1.807) is 0 Å². The number of rotatable bonds is 10. The second-order valence-corrected chi connectivity index (χ2v) is 12.4. The highest BCUT2D eigenvalue weighted by Crippen LogP contribution is 2.44. The van der Waals surface area contributed by atoms with Gasteiger partial charge in [-0.25, -0.2) is 8.78 Å².